The lowest BCUT2D eigenvalue weighted by Gasteiger charge is -2.26. The summed E-state index contributed by atoms with van der Waals surface area (Å²) < 4.78 is 19.2. The van der Waals surface area contributed by atoms with Crippen molar-refractivity contribution in [2.45, 2.75) is 18.9 Å². The summed E-state index contributed by atoms with van der Waals surface area (Å²) in [7, 11) is 1.56. The van der Waals surface area contributed by atoms with Crippen molar-refractivity contribution in [2.75, 3.05) is 7.11 Å². The molecule has 0 spiro atoms. The second kappa shape index (κ2) is 5.94. The summed E-state index contributed by atoms with van der Waals surface area (Å²) >= 11 is 3.22. The Kier molecular flexibility index (Phi) is 4.45. The number of para-hydroxylation sites is 1. The molecule has 1 atom stereocenters. The number of halogens is 2. The molecule has 0 aromatic heterocycles. The standard InChI is InChI=1S/C16H16BrFO2/c1-16(19,12-7-3-4-9-14(12)20-2)10-11-6-5-8-13(18)15(11)17/h3-9,19H,10H2,1-2H3. The normalized spacial score (nSPS) is 13.8. The zero-order chi connectivity index (χ0) is 14.8. The molecule has 20 heavy (non-hydrogen) atoms. The molecule has 2 nitrogen and oxygen atoms in total. The maximum absolute atomic E-state index is 13.5. The van der Waals surface area contributed by atoms with Crippen molar-refractivity contribution in [3.8, 4) is 5.75 Å². The summed E-state index contributed by atoms with van der Waals surface area (Å²) in [5.41, 5.74) is 0.239. The van der Waals surface area contributed by atoms with Crippen molar-refractivity contribution >= 4 is 15.9 Å². The summed E-state index contributed by atoms with van der Waals surface area (Å²) in [6.45, 7) is 1.70. The third kappa shape index (κ3) is 3.02. The highest BCUT2D eigenvalue weighted by Crippen LogP contribution is 2.34. The minimum Gasteiger partial charge on any atom is -0.496 e. The van der Waals surface area contributed by atoms with Crippen LogP contribution in [0.2, 0.25) is 0 Å². The molecule has 0 bridgehead atoms. The maximum Gasteiger partial charge on any atom is 0.137 e. The van der Waals surface area contributed by atoms with Gasteiger partial charge in [-0.2, -0.15) is 0 Å². The molecule has 1 N–H and O–H groups in total. The molecule has 4 heteroatoms. The van der Waals surface area contributed by atoms with Gasteiger partial charge in [0, 0.05) is 12.0 Å². The van der Waals surface area contributed by atoms with Gasteiger partial charge in [0.25, 0.3) is 0 Å². The molecule has 0 saturated heterocycles. The van der Waals surface area contributed by atoms with Crippen molar-refractivity contribution in [1.82, 2.24) is 0 Å². The van der Waals surface area contributed by atoms with E-state index < -0.39 is 5.60 Å². The molecule has 0 amide bonds. The number of hydrogen-bond acceptors (Lipinski definition) is 2. The molecule has 0 aliphatic heterocycles. The number of aliphatic hydroxyl groups is 1. The van der Waals surface area contributed by atoms with Gasteiger partial charge >= 0.3 is 0 Å². The van der Waals surface area contributed by atoms with E-state index in [1.165, 1.54) is 6.07 Å². The molecule has 1 unspecified atom stereocenters. The van der Waals surface area contributed by atoms with Gasteiger partial charge in [-0.05, 0) is 40.5 Å². The van der Waals surface area contributed by atoms with Gasteiger partial charge in [-0.25, -0.2) is 4.39 Å². The molecule has 2 rings (SSSR count). The lowest BCUT2D eigenvalue weighted by molar-refractivity contribution is 0.0547. The predicted octanol–water partition coefficient (Wildman–Crippen LogP) is 4.05. The Bertz CT molecular complexity index is 611. The number of rotatable bonds is 4. The minimum atomic E-state index is -1.15. The monoisotopic (exact) mass is 338 g/mol. The van der Waals surface area contributed by atoms with Gasteiger partial charge < -0.3 is 9.84 Å². The number of ether oxygens (including phenoxy) is 1. The van der Waals surface area contributed by atoms with Crippen LogP contribution in [0.3, 0.4) is 0 Å². The van der Waals surface area contributed by atoms with Crippen LogP contribution in [0.4, 0.5) is 4.39 Å². The number of benzene rings is 2. The smallest absolute Gasteiger partial charge is 0.137 e. The average Bonchev–Trinajstić information content (AvgIpc) is 2.43. The molecule has 0 radical (unpaired) electrons. The van der Waals surface area contributed by atoms with Crippen LogP contribution >= 0.6 is 15.9 Å². The van der Waals surface area contributed by atoms with Crippen LogP contribution in [0.25, 0.3) is 0 Å². The van der Waals surface area contributed by atoms with Crippen LogP contribution in [-0.4, -0.2) is 12.2 Å². The van der Waals surface area contributed by atoms with Gasteiger partial charge in [-0.3, -0.25) is 0 Å². The Morgan fingerprint density at radius 2 is 1.90 bits per heavy atom. The van der Waals surface area contributed by atoms with Crippen molar-refractivity contribution in [3.63, 3.8) is 0 Å². The molecule has 2 aromatic carbocycles. The van der Waals surface area contributed by atoms with Gasteiger partial charge in [0.1, 0.15) is 11.6 Å². The van der Waals surface area contributed by atoms with E-state index in [-0.39, 0.29) is 12.2 Å². The summed E-state index contributed by atoms with van der Waals surface area (Å²) in [6.07, 6.45) is 0.283. The van der Waals surface area contributed by atoms with E-state index in [9.17, 15) is 9.50 Å². The fourth-order valence-electron chi connectivity index (χ4n) is 2.24. The van der Waals surface area contributed by atoms with Crippen LogP contribution < -0.4 is 4.74 Å². The van der Waals surface area contributed by atoms with Crippen LogP contribution in [0.1, 0.15) is 18.1 Å². The molecule has 0 heterocycles. The third-order valence-electron chi connectivity index (χ3n) is 3.25. The lowest BCUT2D eigenvalue weighted by atomic mass is 9.88. The molecule has 106 valence electrons. The van der Waals surface area contributed by atoms with Crippen LogP contribution in [-0.2, 0) is 12.0 Å². The largest absolute Gasteiger partial charge is 0.496 e. The van der Waals surface area contributed by atoms with Crippen LogP contribution in [0.5, 0.6) is 5.75 Å². The number of methoxy groups -OCH3 is 1. The van der Waals surface area contributed by atoms with Crippen molar-refractivity contribution in [2.24, 2.45) is 0 Å². The predicted molar refractivity (Wildman–Crippen MR) is 80.4 cm³/mol. The van der Waals surface area contributed by atoms with E-state index >= 15 is 0 Å². The zero-order valence-corrected chi connectivity index (χ0v) is 12.9. The van der Waals surface area contributed by atoms with Crippen LogP contribution in [0.15, 0.2) is 46.9 Å². The van der Waals surface area contributed by atoms with E-state index in [1.54, 1.807) is 32.2 Å². The zero-order valence-electron chi connectivity index (χ0n) is 11.4. The van der Waals surface area contributed by atoms with Gasteiger partial charge in [-0.1, -0.05) is 30.3 Å². The Morgan fingerprint density at radius 3 is 2.60 bits per heavy atom. The van der Waals surface area contributed by atoms with Gasteiger partial charge in [0.05, 0.1) is 17.2 Å². The highest BCUT2D eigenvalue weighted by Gasteiger charge is 2.28. The fourth-order valence-corrected chi connectivity index (χ4v) is 2.65. The topological polar surface area (TPSA) is 29.5 Å². The minimum absolute atomic E-state index is 0.283. The maximum atomic E-state index is 13.5. The Morgan fingerprint density at radius 1 is 1.20 bits per heavy atom. The Hall–Kier alpha value is -1.39. The van der Waals surface area contributed by atoms with Gasteiger partial charge in [-0.15, -0.1) is 0 Å². The first-order valence-corrected chi connectivity index (χ1v) is 7.04. The lowest BCUT2D eigenvalue weighted by Crippen LogP contribution is -2.25. The molecule has 0 saturated carbocycles. The second-order valence-corrected chi connectivity index (χ2v) is 5.66. The van der Waals surface area contributed by atoms with Gasteiger partial charge in [0.2, 0.25) is 0 Å². The van der Waals surface area contributed by atoms with Crippen molar-refractivity contribution < 1.29 is 14.2 Å². The first-order valence-electron chi connectivity index (χ1n) is 6.24. The van der Waals surface area contributed by atoms with E-state index in [1.807, 2.05) is 18.2 Å². The Labute approximate surface area is 126 Å². The van der Waals surface area contributed by atoms with E-state index in [4.69, 9.17) is 4.74 Å². The first kappa shape index (κ1) is 15.0. The fraction of sp³-hybridized carbons (Fsp3) is 0.250. The Balaban J connectivity index is 2.38. The van der Waals surface area contributed by atoms with Gasteiger partial charge in [0.15, 0.2) is 0 Å². The van der Waals surface area contributed by atoms with E-state index in [0.29, 0.717) is 21.3 Å². The molecule has 0 aliphatic rings. The molecule has 0 fully saturated rings. The van der Waals surface area contributed by atoms with Crippen molar-refractivity contribution in [3.05, 3.63) is 63.9 Å². The molecule has 0 aliphatic carbocycles. The number of hydrogen-bond donors (Lipinski definition) is 1. The SMILES string of the molecule is COc1ccccc1C(C)(O)Cc1cccc(F)c1Br. The van der Waals surface area contributed by atoms with E-state index in [0.717, 1.165) is 0 Å². The highest BCUT2D eigenvalue weighted by atomic mass is 79.9. The van der Waals surface area contributed by atoms with Crippen molar-refractivity contribution in [1.29, 1.82) is 0 Å². The summed E-state index contributed by atoms with van der Waals surface area (Å²) in [6, 6.07) is 12.1. The molecular formula is C16H16BrFO2. The second-order valence-electron chi connectivity index (χ2n) is 4.86. The quantitative estimate of drug-likeness (QED) is 0.911. The molecular weight excluding hydrogens is 323 g/mol. The highest BCUT2D eigenvalue weighted by molar-refractivity contribution is 9.10. The van der Waals surface area contributed by atoms with Crippen LogP contribution in [0, 0.1) is 5.82 Å². The average molecular weight is 339 g/mol. The first-order chi connectivity index (χ1) is 9.45. The summed E-state index contributed by atoms with van der Waals surface area (Å²) in [5, 5.41) is 10.7. The molecule has 2 aromatic rings. The third-order valence-corrected chi connectivity index (χ3v) is 4.14. The summed E-state index contributed by atoms with van der Waals surface area (Å²) in [5.74, 6) is 0.281. The summed E-state index contributed by atoms with van der Waals surface area (Å²) in [4.78, 5) is 0. The van der Waals surface area contributed by atoms with E-state index in [2.05, 4.69) is 15.9 Å².